The predicted octanol–water partition coefficient (Wildman–Crippen LogP) is 3.50. The van der Waals surface area contributed by atoms with Crippen LogP contribution in [0.1, 0.15) is 43.9 Å². The van der Waals surface area contributed by atoms with Gasteiger partial charge in [0.2, 0.25) is 0 Å². The average molecular weight is 260 g/mol. The molecular weight excluding hydrogens is 236 g/mol. The molecule has 2 rings (SSSR count). The molecule has 0 heterocycles. The Morgan fingerprint density at radius 2 is 1.95 bits per heavy atom. The molecule has 2 amide bonds. The van der Waals surface area contributed by atoms with Gasteiger partial charge < -0.3 is 10.2 Å². The van der Waals surface area contributed by atoms with Crippen LogP contribution in [0.2, 0.25) is 0 Å². The minimum Gasteiger partial charge on any atom is -0.331 e. The van der Waals surface area contributed by atoms with E-state index in [4.69, 9.17) is 0 Å². The van der Waals surface area contributed by atoms with Gasteiger partial charge in [-0.2, -0.15) is 0 Å². The summed E-state index contributed by atoms with van der Waals surface area (Å²) in [6.07, 6.45) is 2.51. The Labute approximate surface area is 116 Å². The van der Waals surface area contributed by atoms with Crippen molar-refractivity contribution < 1.29 is 4.79 Å². The van der Waals surface area contributed by atoms with E-state index in [9.17, 15) is 4.79 Å². The molecule has 2 unspecified atom stereocenters. The van der Waals surface area contributed by atoms with E-state index in [1.165, 1.54) is 24.0 Å². The highest BCUT2D eigenvalue weighted by Crippen LogP contribution is 2.34. The highest BCUT2D eigenvalue weighted by molar-refractivity contribution is 5.74. The van der Waals surface area contributed by atoms with Gasteiger partial charge in [-0.25, -0.2) is 4.79 Å². The van der Waals surface area contributed by atoms with Crippen molar-refractivity contribution in [1.82, 2.24) is 10.2 Å². The molecule has 1 aromatic carbocycles. The second kappa shape index (κ2) is 5.64. The number of urea groups is 1. The lowest BCUT2D eigenvalue weighted by molar-refractivity contribution is 0.185. The van der Waals surface area contributed by atoms with Crippen LogP contribution in [0.25, 0.3) is 0 Å². The third-order valence-electron chi connectivity index (χ3n) is 4.23. The van der Waals surface area contributed by atoms with Gasteiger partial charge >= 0.3 is 6.03 Å². The molecular formula is C16H24N2O. The Morgan fingerprint density at radius 1 is 1.32 bits per heavy atom. The zero-order valence-electron chi connectivity index (χ0n) is 12.3. The number of rotatable bonds is 4. The molecule has 19 heavy (non-hydrogen) atoms. The number of hydrogen-bond donors (Lipinski definition) is 1. The number of carbonyl (C=O) groups is 1. The summed E-state index contributed by atoms with van der Waals surface area (Å²) in [7, 11) is 1.89. The summed E-state index contributed by atoms with van der Waals surface area (Å²) in [5.74, 6) is 0.699. The normalized spacial score (nSPS) is 17.7. The van der Waals surface area contributed by atoms with Gasteiger partial charge in [0.1, 0.15) is 0 Å². The Hall–Kier alpha value is -1.51. The molecule has 104 valence electrons. The Morgan fingerprint density at radius 3 is 2.53 bits per heavy atom. The van der Waals surface area contributed by atoms with Crippen LogP contribution in [0.3, 0.4) is 0 Å². The molecule has 0 aliphatic heterocycles. The van der Waals surface area contributed by atoms with Crippen LogP contribution < -0.4 is 5.32 Å². The van der Waals surface area contributed by atoms with Crippen molar-refractivity contribution in [2.24, 2.45) is 5.92 Å². The highest BCUT2D eigenvalue weighted by atomic mass is 16.2. The SMILES string of the molecule is Cc1ccccc1C(C)NC(=O)N(C)C(C)C1CC1. The third-order valence-corrected chi connectivity index (χ3v) is 4.23. The third kappa shape index (κ3) is 3.28. The molecule has 1 aromatic rings. The van der Waals surface area contributed by atoms with E-state index in [2.05, 4.69) is 31.3 Å². The zero-order chi connectivity index (χ0) is 14.0. The quantitative estimate of drug-likeness (QED) is 0.883. The van der Waals surface area contributed by atoms with E-state index in [1.807, 2.05) is 31.0 Å². The van der Waals surface area contributed by atoms with E-state index in [0.29, 0.717) is 12.0 Å². The number of amides is 2. The van der Waals surface area contributed by atoms with Crippen LogP contribution in [0.4, 0.5) is 4.79 Å². The molecule has 2 atom stereocenters. The smallest absolute Gasteiger partial charge is 0.317 e. The first-order valence-electron chi connectivity index (χ1n) is 7.09. The van der Waals surface area contributed by atoms with Crippen LogP contribution in [-0.2, 0) is 0 Å². The molecule has 1 aliphatic carbocycles. The molecule has 0 spiro atoms. The lowest BCUT2D eigenvalue weighted by Gasteiger charge is -2.27. The minimum absolute atomic E-state index is 0.0233. The molecule has 1 aliphatic rings. The first kappa shape index (κ1) is 13.9. The standard InChI is InChI=1S/C16H24N2O/c1-11-7-5-6-8-15(11)12(2)17-16(19)18(4)13(3)14-9-10-14/h5-8,12-14H,9-10H2,1-4H3,(H,17,19). The maximum absolute atomic E-state index is 12.2. The second-order valence-electron chi connectivity index (χ2n) is 5.72. The van der Waals surface area contributed by atoms with Gasteiger partial charge in [-0.15, -0.1) is 0 Å². The largest absolute Gasteiger partial charge is 0.331 e. The highest BCUT2D eigenvalue weighted by Gasteiger charge is 2.32. The van der Waals surface area contributed by atoms with Crippen LogP contribution in [0, 0.1) is 12.8 Å². The summed E-state index contributed by atoms with van der Waals surface area (Å²) in [4.78, 5) is 14.1. The van der Waals surface area contributed by atoms with E-state index in [1.54, 1.807) is 0 Å². The lowest BCUT2D eigenvalue weighted by atomic mass is 10.0. The van der Waals surface area contributed by atoms with Crippen LogP contribution in [0.5, 0.6) is 0 Å². The summed E-state index contributed by atoms with van der Waals surface area (Å²) < 4.78 is 0. The molecule has 1 N–H and O–H groups in total. The van der Waals surface area contributed by atoms with Gasteiger partial charge in [0, 0.05) is 13.1 Å². The number of benzene rings is 1. The van der Waals surface area contributed by atoms with Crippen molar-refractivity contribution in [3.05, 3.63) is 35.4 Å². The molecule has 3 nitrogen and oxygen atoms in total. The van der Waals surface area contributed by atoms with E-state index in [0.717, 1.165) is 0 Å². The number of carbonyl (C=O) groups excluding carboxylic acids is 1. The van der Waals surface area contributed by atoms with E-state index >= 15 is 0 Å². The fraction of sp³-hybridized carbons (Fsp3) is 0.562. The first-order chi connectivity index (χ1) is 9.00. The monoisotopic (exact) mass is 260 g/mol. The molecule has 1 saturated carbocycles. The Balaban J connectivity index is 1.96. The van der Waals surface area contributed by atoms with Crippen molar-refractivity contribution in [2.45, 2.75) is 45.7 Å². The summed E-state index contributed by atoms with van der Waals surface area (Å²) in [5.41, 5.74) is 2.40. The zero-order valence-corrected chi connectivity index (χ0v) is 12.3. The molecule has 3 heteroatoms. The maximum atomic E-state index is 12.2. The van der Waals surface area contributed by atoms with Crippen molar-refractivity contribution in [2.75, 3.05) is 7.05 Å². The molecule has 0 radical (unpaired) electrons. The summed E-state index contributed by atoms with van der Waals surface area (Å²) in [5, 5.41) is 3.09. The van der Waals surface area contributed by atoms with Crippen LogP contribution in [0.15, 0.2) is 24.3 Å². The second-order valence-corrected chi connectivity index (χ2v) is 5.72. The maximum Gasteiger partial charge on any atom is 0.317 e. The predicted molar refractivity (Wildman–Crippen MR) is 78.1 cm³/mol. The summed E-state index contributed by atoms with van der Waals surface area (Å²) >= 11 is 0. The van der Waals surface area contributed by atoms with Gasteiger partial charge in [-0.3, -0.25) is 0 Å². The number of nitrogens with one attached hydrogen (secondary N) is 1. The van der Waals surface area contributed by atoms with Crippen molar-refractivity contribution in [1.29, 1.82) is 0 Å². The minimum atomic E-state index is 0.0233. The summed E-state index contributed by atoms with van der Waals surface area (Å²) in [6.45, 7) is 6.25. The van der Waals surface area contributed by atoms with Crippen LogP contribution in [-0.4, -0.2) is 24.0 Å². The average Bonchev–Trinajstić information content (AvgIpc) is 3.21. The van der Waals surface area contributed by atoms with Crippen molar-refractivity contribution >= 4 is 6.03 Å². The van der Waals surface area contributed by atoms with Crippen molar-refractivity contribution in [3.8, 4) is 0 Å². The first-order valence-corrected chi connectivity index (χ1v) is 7.09. The number of aryl methyl sites for hydroxylation is 1. The van der Waals surface area contributed by atoms with Crippen molar-refractivity contribution in [3.63, 3.8) is 0 Å². The van der Waals surface area contributed by atoms with Gasteiger partial charge in [-0.05, 0) is 50.7 Å². The fourth-order valence-electron chi connectivity index (χ4n) is 2.52. The van der Waals surface area contributed by atoms with E-state index in [-0.39, 0.29) is 12.1 Å². The van der Waals surface area contributed by atoms with Gasteiger partial charge in [0.15, 0.2) is 0 Å². The van der Waals surface area contributed by atoms with Gasteiger partial charge in [-0.1, -0.05) is 24.3 Å². The number of nitrogens with zero attached hydrogens (tertiary/aromatic N) is 1. The molecule has 0 aromatic heterocycles. The fourth-order valence-corrected chi connectivity index (χ4v) is 2.52. The number of hydrogen-bond acceptors (Lipinski definition) is 1. The van der Waals surface area contributed by atoms with Gasteiger partial charge in [0.25, 0.3) is 0 Å². The van der Waals surface area contributed by atoms with Gasteiger partial charge in [0.05, 0.1) is 6.04 Å². The molecule has 1 fully saturated rings. The lowest BCUT2D eigenvalue weighted by Crippen LogP contribution is -2.44. The summed E-state index contributed by atoms with van der Waals surface area (Å²) in [6, 6.07) is 8.59. The Bertz CT molecular complexity index is 454. The molecule has 0 saturated heterocycles. The van der Waals surface area contributed by atoms with Crippen LogP contribution >= 0.6 is 0 Å². The topological polar surface area (TPSA) is 32.3 Å². The molecule has 0 bridgehead atoms. The Kier molecular flexibility index (Phi) is 4.13. The van der Waals surface area contributed by atoms with E-state index < -0.39 is 0 Å².